The highest BCUT2D eigenvalue weighted by atomic mass is 32.2. The van der Waals surface area contributed by atoms with Crippen molar-refractivity contribution in [2.45, 2.75) is 11.8 Å². The third-order valence-corrected chi connectivity index (χ3v) is 5.51. The first-order valence-corrected chi connectivity index (χ1v) is 9.74. The van der Waals surface area contributed by atoms with Crippen molar-refractivity contribution < 1.29 is 17.6 Å². The predicted molar refractivity (Wildman–Crippen MR) is 101 cm³/mol. The molecule has 0 atom stereocenters. The minimum Gasteiger partial charge on any atom is -0.309 e. The quantitative estimate of drug-likeness (QED) is 0.705. The van der Waals surface area contributed by atoms with Crippen LogP contribution >= 0.6 is 0 Å². The molecule has 0 saturated heterocycles. The Morgan fingerprint density at radius 2 is 1.81 bits per heavy atom. The number of carbonyl (C=O) groups excluding carboxylic acids is 1. The zero-order valence-electron chi connectivity index (χ0n) is 14.6. The van der Waals surface area contributed by atoms with Crippen molar-refractivity contribution in [3.63, 3.8) is 0 Å². The molecule has 0 aliphatic heterocycles. The van der Waals surface area contributed by atoms with Gasteiger partial charge in [-0.15, -0.1) is 0 Å². The molecule has 27 heavy (non-hydrogen) atoms. The zero-order chi connectivity index (χ0) is 19.4. The number of anilines is 1. The van der Waals surface area contributed by atoms with Gasteiger partial charge in [0.05, 0.1) is 16.1 Å². The molecule has 140 valence electrons. The van der Waals surface area contributed by atoms with Gasteiger partial charge in [-0.1, -0.05) is 18.2 Å². The molecule has 0 bridgehead atoms. The molecular formula is C19H18FN3O3S. The number of amides is 1. The van der Waals surface area contributed by atoms with Gasteiger partial charge in [-0.2, -0.15) is 0 Å². The highest BCUT2D eigenvalue weighted by molar-refractivity contribution is 7.89. The first kappa shape index (κ1) is 18.9. The minimum atomic E-state index is -3.79. The number of sulfonamides is 1. The number of para-hydroxylation sites is 1. The summed E-state index contributed by atoms with van der Waals surface area (Å²) in [6.45, 7) is 1.55. The lowest BCUT2D eigenvalue weighted by molar-refractivity contribution is -0.116. The van der Waals surface area contributed by atoms with Crippen LogP contribution in [0, 0.1) is 5.82 Å². The summed E-state index contributed by atoms with van der Waals surface area (Å²) in [5.41, 5.74) is 1.28. The number of aromatic nitrogens is 1. The topological polar surface area (TPSA) is 79.4 Å². The maximum absolute atomic E-state index is 13.0. The summed E-state index contributed by atoms with van der Waals surface area (Å²) in [7, 11) is -3.79. The molecule has 0 radical (unpaired) electrons. The number of hydrogen-bond acceptors (Lipinski definition) is 4. The van der Waals surface area contributed by atoms with Crippen molar-refractivity contribution in [1.82, 2.24) is 9.71 Å². The zero-order valence-corrected chi connectivity index (χ0v) is 15.4. The highest BCUT2D eigenvalue weighted by Crippen LogP contribution is 2.24. The Morgan fingerprint density at radius 3 is 2.52 bits per heavy atom. The van der Waals surface area contributed by atoms with Gasteiger partial charge in [0.2, 0.25) is 15.9 Å². The van der Waals surface area contributed by atoms with Gasteiger partial charge in [0.15, 0.2) is 0 Å². The number of fused-ring (bicyclic) bond motifs is 1. The van der Waals surface area contributed by atoms with Crippen LogP contribution in [-0.2, 0) is 14.8 Å². The molecule has 1 N–H and O–H groups in total. The number of benzene rings is 2. The van der Waals surface area contributed by atoms with Gasteiger partial charge >= 0.3 is 0 Å². The molecule has 0 aliphatic carbocycles. The summed E-state index contributed by atoms with van der Waals surface area (Å²) in [4.78, 5) is 17.9. The molecule has 8 heteroatoms. The first-order chi connectivity index (χ1) is 12.9. The molecule has 1 aromatic heterocycles. The second-order valence-electron chi connectivity index (χ2n) is 5.87. The fraction of sp³-hybridized carbons (Fsp3) is 0.158. The van der Waals surface area contributed by atoms with Crippen molar-refractivity contribution in [1.29, 1.82) is 0 Å². The molecule has 1 heterocycles. The van der Waals surface area contributed by atoms with E-state index in [0.29, 0.717) is 11.2 Å². The Balaban J connectivity index is 1.78. The van der Waals surface area contributed by atoms with Crippen molar-refractivity contribution >= 4 is 32.5 Å². The van der Waals surface area contributed by atoms with Crippen molar-refractivity contribution in [2.24, 2.45) is 0 Å². The number of nitrogens with one attached hydrogen (secondary N) is 1. The Labute approximate surface area is 156 Å². The van der Waals surface area contributed by atoms with Crippen LogP contribution in [0.4, 0.5) is 10.1 Å². The number of carbonyl (C=O) groups is 1. The van der Waals surface area contributed by atoms with E-state index in [4.69, 9.17) is 0 Å². The summed E-state index contributed by atoms with van der Waals surface area (Å²) in [5, 5.41) is 0.883. The molecule has 3 aromatic rings. The third-order valence-electron chi connectivity index (χ3n) is 4.03. The van der Waals surface area contributed by atoms with Gasteiger partial charge in [-0.25, -0.2) is 17.5 Å². The monoisotopic (exact) mass is 387 g/mol. The van der Waals surface area contributed by atoms with Gasteiger partial charge in [0.25, 0.3) is 0 Å². The van der Waals surface area contributed by atoms with Crippen LogP contribution in [0.1, 0.15) is 6.92 Å². The van der Waals surface area contributed by atoms with Gasteiger partial charge in [-0.3, -0.25) is 9.78 Å². The number of hydrogen-bond donors (Lipinski definition) is 1. The van der Waals surface area contributed by atoms with Crippen LogP contribution in [-0.4, -0.2) is 32.4 Å². The summed E-state index contributed by atoms with van der Waals surface area (Å²) >= 11 is 0. The maximum Gasteiger partial charge on any atom is 0.240 e. The number of nitrogens with zero attached hydrogens (tertiary/aromatic N) is 2. The summed E-state index contributed by atoms with van der Waals surface area (Å²) in [6, 6.07) is 13.7. The largest absolute Gasteiger partial charge is 0.309 e. The van der Waals surface area contributed by atoms with E-state index in [-0.39, 0.29) is 23.9 Å². The number of halogens is 1. The van der Waals surface area contributed by atoms with E-state index in [1.54, 1.807) is 18.3 Å². The van der Waals surface area contributed by atoms with Crippen LogP contribution in [0.5, 0.6) is 0 Å². The van der Waals surface area contributed by atoms with E-state index in [0.717, 1.165) is 17.5 Å². The normalized spacial score (nSPS) is 11.5. The Hall–Kier alpha value is -2.84. The molecule has 0 spiro atoms. The predicted octanol–water partition coefficient (Wildman–Crippen LogP) is 2.71. The highest BCUT2D eigenvalue weighted by Gasteiger charge is 2.18. The van der Waals surface area contributed by atoms with E-state index in [1.165, 1.54) is 24.0 Å². The lowest BCUT2D eigenvalue weighted by Gasteiger charge is -2.22. The number of rotatable bonds is 6. The van der Waals surface area contributed by atoms with Crippen molar-refractivity contribution in [3.8, 4) is 0 Å². The lowest BCUT2D eigenvalue weighted by atomic mass is 10.1. The molecule has 2 aromatic carbocycles. The lowest BCUT2D eigenvalue weighted by Crippen LogP contribution is -2.37. The van der Waals surface area contributed by atoms with E-state index in [1.807, 2.05) is 18.2 Å². The van der Waals surface area contributed by atoms with Gasteiger partial charge in [0.1, 0.15) is 5.82 Å². The Kier molecular flexibility index (Phi) is 5.48. The van der Waals surface area contributed by atoms with Gasteiger partial charge < -0.3 is 4.90 Å². The van der Waals surface area contributed by atoms with Crippen LogP contribution in [0.15, 0.2) is 65.7 Å². The van der Waals surface area contributed by atoms with Crippen molar-refractivity contribution in [2.75, 3.05) is 18.0 Å². The second kappa shape index (κ2) is 7.81. The van der Waals surface area contributed by atoms with E-state index >= 15 is 0 Å². The molecule has 1 amide bonds. The van der Waals surface area contributed by atoms with Crippen LogP contribution in [0.2, 0.25) is 0 Å². The Morgan fingerprint density at radius 1 is 1.11 bits per heavy atom. The second-order valence-corrected chi connectivity index (χ2v) is 7.64. The van der Waals surface area contributed by atoms with Crippen molar-refractivity contribution in [3.05, 3.63) is 66.6 Å². The van der Waals surface area contributed by atoms with Gasteiger partial charge in [0, 0.05) is 31.6 Å². The fourth-order valence-electron chi connectivity index (χ4n) is 2.74. The third kappa shape index (κ3) is 4.29. The van der Waals surface area contributed by atoms with E-state index < -0.39 is 15.8 Å². The molecule has 0 unspecified atom stereocenters. The van der Waals surface area contributed by atoms with Crippen LogP contribution < -0.4 is 9.62 Å². The molecular weight excluding hydrogens is 369 g/mol. The fourth-order valence-corrected chi connectivity index (χ4v) is 3.76. The van der Waals surface area contributed by atoms with E-state index in [9.17, 15) is 17.6 Å². The van der Waals surface area contributed by atoms with Gasteiger partial charge in [-0.05, 0) is 36.4 Å². The van der Waals surface area contributed by atoms with Crippen LogP contribution in [0.25, 0.3) is 10.9 Å². The summed E-state index contributed by atoms with van der Waals surface area (Å²) in [6.07, 6.45) is 1.64. The summed E-state index contributed by atoms with van der Waals surface area (Å²) in [5.74, 6) is -0.741. The minimum absolute atomic E-state index is 0.00249. The molecule has 0 aliphatic rings. The maximum atomic E-state index is 13.0. The van der Waals surface area contributed by atoms with E-state index in [2.05, 4.69) is 9.71 Å². The van der Waals surface area contributed by atoms with Crippen LogP contribution in [0.3, 0.4) is 0 Å². The Bertz CT molecular complexity index is 1060. The summed E-state index contributed by atoms with van der Waals surface area (Å²) < 4.78 is 40.0. The SMILES string of the molecule is CC(=O)N(CCNS(=O)(=O)c1ccc(F)cc1)c1cccc2cccnc12. The molecule has 3 rings (SSSR count). The standard InChI is InChI=1S/C19H18FN3O3S/c1-14(24)23(18-6-2-4-15-5-3-11-21-19(15)18)13-12-22-27(25,26)17-9-7-16(20)8-10-17/h2-11,22H,12-13H2,1H3. The molecule has 0 fully saturated rings. The smallest absolute Gasteiger partial charge is 0.240 e. The molecule has 6 nitrogen and oxygen atoms in total. The average Bonchev–Trinajstić information content (AvgIpc) is 2.65. The average molecular weight is 387 g/mol. The molecule has 0 saturated carbocycles. The first-order valence-electron chi connectivity index (χ1n) is 8.25. The number of pyridine rings is 1.